The Morgan fingerprint density at radius 3 is 1.78 bits per heavy atom. The second kappa shape index (κ2) is 9.51. The summed E-state index contributed by atoms with van der Waals surface area (Å²) in [7, 11) is 0. The van der Waals surface area contributed by atoms with Crippen molar-refractivity contribution < 1.29 is 24.6 Å². The highest BCUT2D eigenvalue weighted by Crippen LogP contribution is 2.11. The molecule has 2 N–H and O–H groups in total. The first-order chi connectivity index (χ1) is 12.9. The molecule has 0 aromatic heterocycles. The molecular formula is C20H20N2O5. The summed E-state index contributed by atoms with van der Waals surface area (Å²) in [5.74, 6) is -2.01. The molecule has 0 unspecified atom stereocenters. The standard InChI is InChI=1S/C20H20N2O5/c1-14(23)18(25)12-17(24)13-21-22(19(26)15-8-4-2-5-9-15)20(27)16-10-6-3-7-11-16/h2-11,13-14,18,23,25H,12H2,1H3/t14-,18+/m0/s1. The number of carbonyl (C=O) groups is 3. The Hall–Kier alpha value is -3.16. The summed E-state index contributed by atoms with van der Waals surface area (Å²) >= 11 is 0. The lowest BCUT2D eigenvalue weighted by Crippen LogP contribution is -2.33. The first kappa shape index (κ1) is 20.2. The molecular weight excluding hydrogens is 348 g/mol. The van der Waals surface area contributed by atoms with E-state index >= 15 is 0 Å². The number of carbonyl (C=O) groups excluding carboxylic acids is 3. The Morgan fingerprint density at radius 1 is 0.926 bits per heavy atom. The molecule has 27 heavy (non-hydrogen) atoms. The third-order valence-electron chi connectivity index (χ3n) is 3.71. The third-order valence-corrected chi connectivity index (χ3v) is 3.71. The van der Waals surface area contributed by atoms with Crippen LogP contribution >= 0.6 is 0 Å². The Kier molecular flexibility index (Phi) is 7.10. The molecule has 0 aliphatic rings. The number of benzene rings is 2. The topological polar surface area (TPSA) is 107 Å². The molecule has 0 saturated heterocycles. The molecule has 7 nitrogen and oxygen atoms in total. The van der Waals surface area contributed by atoms with Crippen molar-refractivity contribution in [2.24, 2.45) is 5.10 Å². The maximum Gasteiger partial charge on any atom is 0.281 e. The van der Waals surface area contributed by atoms with Gasteiger partial charge in [0.1, 0.15) is 0 Å². The molecule has 140 valence electrons. The zero-order valence-corrected chi connectivity index (χ0v) is 14.7. The van der Waals surface area contributed by atoms with Crippen molar-refractivity contribution in [2.75, 3.05) is 0 Å². The van der Waals surface area contributed by atoms with Gasteiger partial charge in [0.05, 0.1) is 18.4 Å². The second-order valence-corrected chi connectivity index (χ2v) is 5.88. The van der Waals surface area contributed by atoms with Crippen LogP contribution in [0.5, 0.6) is 0 Å². The SMILES string of the molecule is C[C@H](O)[C@H](O)CC(=O)C=NN(C(=O)c1ccccc1)C(=O)c1ccccc1. The fraction of sp³-hybridized carbons (Fsp3) is 0.200. The van der Waals surface area contributed by atoms with Crippen LogP contribution in [0.1, 0.15) is 34.1 Å². The van der Waals surface area contributed by atoms with E-state index in [9.17, 15) is 24.6 Å². The van der Waals surface area contributed by atoms with Gasteiger partial charge in [-0.2, -0.15) is 10.1 Å². The number of Topliss-reactive ketones (excluding diaryl/α,β-unsaturated/α-hetero) is 1. The van der Waals surface area contributed by atoms with Crippen LogP contribution in [0.15, 0.2) is 65.8 Å². The monoisotopic (exact) mass is 368 g/mol. The van der Waals surface area contributed by atoms with Crippen molar-refractivity contribution in [1.29, 1.82) is 0 Å². The first-order valence-corrected chi connectivity index (χ1v) is 8.32. The van der Waals surface area contributed by atoms with Crippen LogP contribution in [0.3, 0.4) is 0 Å². The zero-order valence-electron chi connectivity index (χ0n) is 14.7. The highest BCUT2D eigenvalue weighted by molar-refractivity contribution is 6.28. The fourth-order valence-corrected chi connectivity index (χ4v) is 2.15. The molecule has 2 atom stereocenters. The Morgan fingerprint density at radius 2 is 1.37 bits per heavy atom. The van der Waals surface area contributed by atoms with Gasteiger partial charge in [0.15, 0.2) is 5.78 Å². The molecule has 0 heterocycles. The van der Waals surface area contributed by atoms with Crippen LogP contribution in [0, 0.1) is 0 Å². The van der Waals surface area contributed by atoms with E-state index in [1.807, 2.05) is 0 Å². The number of aliphatic hydroxyl groups excluding tert-OH is 2. The second-order valence-electron chi connectivity index (χ2n) is 5.88. The van der Waals surface area contributed by atoms with Crippen molar-refractivity contribution in [2.45, 2.75) is 25.6 Å². The molecule has 2 aromatic rings. The van der Waals surface area contributed by atoms with Gasteiger partial charge in [0.25, 0.3) is 11.8 Å². The van der Waals surface area contributed by atoms with Crippen molar-refractivity contribution in [3.63, 3.8) is 0 Å². The van der Waals surface area contributed by atoms with Crippen LogP contribution < -0.4 is 0 Å². The maximum absolute atomic E-state index is 12.7. The van der Waals surface area contributed by atoms with Crippen molar-refractivity contribution >= 4 is 23.8 Å². The quantitative estimate of drug-likeness (QED) is 0.439. The van der Waals surface area contributed by atoms with Crippen LogP contribution in [0.25, 0.3) is 0 Å². The molecule has 0 aliphatic heterocycles. The van der Waals surface area contributed by atoms with E-state index in [0.29, 0.717) is 5.01 Å². The lowest BCUT2D eigenvalue weighted by atomic mass is 10.1. The molecule has 7 heteroatoms. The molecule has 2 rings (SSSR count). The van der Waals surface area contributed by atoms with E-state index in [0.717, 1.165) is 6.21 Å². The van der Waals surface area contributed by atoms with Crippen molar-refractivity contribution in [3.8, 4) is 0 Å². The van der Waals surface area contributed by atoms with Gasteiger partial charge >= 0.3 is 0 Å². The summed E-state index contributed by atoms with van der Waals surface area (Å²) in [5.41, 5.74) is 0.464. The van der Waals surface area contributed by atoms with Gasteiger partial charge in [0, 0.05) is 17.5 Å². The largest absolute Gasteiger partial charge is 0.391 e. The number of nitrogens with zero attached hydrogens (tertiary/aromatic N) is 2. The maximum atomic E-state index is 12.7. The van der Waals surface area contributed by atoms with Gasteiger partial charge in [-0.1, -0.05) is 36.4 Å². The fourth-order valence-electron chi connectivity index (χ4n) is 2.15. The lowest BCUT2D eigenvalue weighted by molar-refractivity contribution is -0.115. The molecule has 0 saturated carbocycles. The molecule has 0 aliphatic carbocycles. The van der Waals surface area contributed by atoms with Crippen LogP contribution in [0.4, 0.5) is 0 Å². The summed E-state index contributed by atoms with van der Waals surface area (Å²) in [5, 5.41) is 23.2. The summed E-state index contributed by atoms with van der Waals surface area (Å²) in [4.78, 5) is 37.3. The molecule has 0 spiro atoms. The normalized spacial score (nSPS) is 13.1. The average molecular weight is 368 g/mol. The zero-order chi connectivity index (χ0) is 19.8. The number of imide groups is 1. The van der Waals surface area contributed by atoms with E-state index < -0.39 is 29.8 Å². The molecule has 2 aromatic carbocycles. The third kappa shape index (κ3) is 5.67. The Bertz CT molecular complexity index is 767. The first-order valence-electron chi connectivity index (χ1n) is 8.32. The number of ketones is 1. The van der Waals surface area contributed by atoms with Gasteiger partial charge < -0.3 is 10.2 Å². The number of hydrazone groups is 1. The van der Waals surface area contributed by atoms with E-state index in [2.05, 4.69) is 5.10 Å². The summed E-state index contributed by atoms with van der Waals surface area (Å²) in [6.45, 7) is 1.35. The average Bonchev–Trinajstić information content (AvgIpc) is 2.69. The van der Waals surface area contributed by atoms with Gasteiger partial charge in [-0.25, -0.2) is 0 Å². The predicted molar refractivity (Wildman–Crippen MR) is 99.2 cm³/mol. The van der Waals surface area contributed by atoms with Crippen molar-refractivity contribution in [1.82, 2.24) is 5.01 Å². The smallest absolute Gasteiger partial charge is 0.281 e. The lowest BCUT2D eigenvalue weighted by Gasteiger charge is -2.15. The van der Waals surface area contributed by atoms with E-state index in [-0.39, 0.29) is 17.5 Å². The minimum absolute atomic E-state index is 0.232. The van der Waals surface area contributed by atoms with Gasteiger partial charge in [-0.3, -0.25) is 14.4 Å². The number of hydrogen-bond acceptors (Lipinski definition) is 6. The van der Waals surface area contributed by atoms with Crippen LogP contribution in [-0.2, 0) is 4.79 Å². The highest BCUT2D eigenvalue weighted by Gasteiger charge is 2.24. The predicted octanol–water partition coefficient (Wildman–Crippen LogP) is 1.66. The van der Waals surface area contributed by atoms with Gasteiger partial charge in [-0.05, 0) is 31.2 Å². The van der Waals surface area contributed by atoms with E-state index in [1.54, 1.807) is 36.4 Å². The van der Waals surface area contributed by atoms with E-state index in [4.69, 9.17) is 0 Å². The van der Waals surface area contributed by atoms with E-state index in [1.165, 1.54) is 31.2 Å². The molecule has 0 fully saturated rings. The van der Waals surface area contributed by atoms with Crippen LogP contribution in [-0.4, -0.2) is 51.2 Å². The van der Waals surface area contributed by atoms with Gasteiger partial charge in [-0.15, -0.1) is 0 Å². The number of aliphatic hydroxyl groups is 2. The molecule has 2 amide bonds. The summed E-state index contributed by atoms with van der Waals surface area (Å²) in [6, 6.07) is 16.2. The van der Waals surface area contributed by atoms with Crippen molar-refractivity contribution in [3.05, 3.63) is 71.8 Å². The number of hydrogen-bond donors (Lipinski definition) is 2. The van der Waals surface area contributed by atoms with Gasteiger partial charge in [0.2, 0.25) is 0 Å². The summed E-state index contributed by atoms with van der Waals surface area (Å²) in [6.07, 6.45) is -1.93. The highest BCUT2D eigenvalue weighted by atomic mass is 16.3. The van der Waals surface area contributed by atoms with Crippen LogP contribution in [0.2, 0.25) is 0 Å². The molecule has 0 bridgehead atoms. The number of amides is 2. The minimum Gasteiger partial charge on any atom is -0.391 e. The number of rotatable bonds is 7. The minimum atomic E-state index is -1.26. The summed E-state index contributed by atoms with van der Waals surface area (Å²) < 4.78 is 0. The molecule has 0 radical (unpaired) electrons. The Labute approximate surface area is 156 Å². The Balaban J connectivity index is 2.27.